The number of nitrogens with zero attached hydrogens (tertiary/aromatic N) is 2. The number of hydrogen-bond acceptors (Lipinski definition) is 3. The lowest BCUT2D eigenvalue weighted by molar-refractivity contribution is 0.00499. The molecule has 70 valence electrons. The summed E-state index contributed by atoms with van der Waals surface area (Å²) in [7, 11) is 0. The Bertz CT molecular complexity index is 466. The minimum Gasteiger partial charge on any atom is -0.380 e. The molecule has 2 aromatic rings. The topological polar surface area (TPSA) is 35.0 Å². The van der Waals surface area contributed by atoms with Gasteiger partial charge < -0.3 is 4.74 Å². The van der Waals surface area contributed by atoms with Gasteiger partial charge in [-0.2, -0.15) is 0 Å². The van der Waals surface area contributed by atoms with Crippen molar-refractivity contribution in [2.75, 3.05) is 13.2 Å². The van der Waals surface area contributed by atoms with Crippen molar-refractivity contribution in [3.8, 4) is 0 Å². The number of ether oxygens (including phenoxy) is 1. The molecule has 0 atom stereocenters. The molecule has 0 N–H and O–H groups in total. The van der Waals surface area contributed by atoms with Gasteiger partial charge in [0.05, 0.1) is 24.6 Å². The molecule has 0 radical (unpaired) electrons. The van der Waals surface area contributed by atoms with E-state index >= 15 is 0 Å². The summed E-state index contributed by atoms with van der Waals surface area (Å²) in [5, 5.41) is 1.09. The average Bonchev–Trinajstić information content (AvgIpc) is 2.15. The maximum atomic E-state index is 5.12. The number of aromatic nitrogens is 2. The summed E-state index contributed by atoms with van der Waals surface area (Å²) in [6.07, 6.45) is 1.88. The quantitative estimate of drug-likeness (QED) is 0.680. The molecule has 3 rings (SSSR count). The van der Waals surface area contributed by atoms with Crippen molar-refractivity contribution < 1.29 is 4.74 Å². The molecule has 1 aliphatic rings. The molecule has 1 saturated heterocycles. The fourth-order valence-corrected chi connectivity index (χ4v) is 1.57. The van der Waals surface area contributed by atoms with Crippen LogP contribution in [0.25, 0.3) is 10.9 Å². The molecule has 3 heteroatoms. The molecule has 14 heavy (non-hydrogen) atoms. The second kappa shape index (κ2) is 3.03. The lowest BCUT2D eigenvalue weighted by Crippen LogP contribution is -2.26. The Labute approximate surface area is 81.8 Å². The third kappa shape index (κ3) is 1.17. The smallest absolute Gasteiger partial charge is 0.136 e. The molecule has 1 fully saturated rings. The van der Waals surface area contributed by atoms with Crippen LogP contribution in [-0.4, -0.2) is 23.2 Å². The number of fused-ring (bicyclic) bond motifs is 1. The number of rotatable bonds is 1. The van der Waals surface area contributed by atoms with Gasteiger partial charge in [-0.05, 0) is 6.07 Å². The van der Waals surface area contributed by atoms with Crippen LogP contribution in [0, 0.1) is 0 Å². The number of benzene rings is 1. The number of hydrogen-bond donors (Lipinski definition) is 0. The Hall–Kier alpha value is -1.48. The van der Waals surface area contributed by atoms with Gasteiger partial charge in [-0.1, -0.05) is 18.2 Å². The van der Waals surface area contributed by atoms with Crippen molar-refractivity contribution in [2.45, 2.75) is 5.92 Å². The van der Waals surface area contributed by atoms with Gasteiger partial charge in [-0.15, -0.1) is 0 Å². The predicted octanol–water partition coefficient (Wildman–Crippen LogP) is 1.74. The van der Waals surface area contributed by atoms with E-state index in [2.05, 4.69) is 9.97 Å². The van der Waals surface area contributed by atoms with Crippen LogP contribution in [0.3, 0.4) is 0 Å². The van der Waals surface area contributed by atoms with Crippen molar-refractivity contribution in [2.24, 2.45) is 0 Å². The van der Waals surface area contributed by atoms with Crippen LogP contribution in [0.2, 0.25) is 0 Å². The SMILES string of the molecule is c1ccc2nc(C3COC3)ncc2c1. The molecule has 3 nitrogen and oxygen atoms in total. The largest absolute Gasteiger partial charge is 0.380 e. The van der Waals surface area contributed by atoms with Crippen molar-refractivity contribution in [1.29, 1.82) is 0 Å². The van der Waals surface area contributed by atoms with Crippen molar-refractivity contribution in [3.05, 3.63) is 36.3 Å². The second-order valence-electron chi connectivity index (χ2n) is 3.52. The summed E-state index contributed by atoms with van der Waals surface area (Å²) >= 11 is 0. The summed E-state index contributed by atoms with van der Waals surface area (Å²) < 4.78 is 5.12. The molecular formula is C11H10N2O. The van der Waals surface area contributed by atoms with Gasteiger partial charge in [-0.3, -0.25) is 0 Å². The normalized spacial score (nSPS) is 16.9. The maximum absolute atomic E-state index is 5.12. The summed E-state index contributed by atoms with van der Waals surface area (Å²) in [5.74, 6) is 1.31. The fourth-order valence-electron chi connectivity index (χ4n) is 1.57. The van der Waals surface area contributed by atoms with Crippen LogP contribution < -0.4 is 0 Å². The van der Waals surface area contributed by atoms with Gasteiger partial charge in [0, 0.05) is 11.6 Å². The Morgan fingerprint density at radius 1 is 1.21 bits per heavy atom. The summed E-state index contributed by atoms with van der Waals surface area (Å²) in [5.41, 5.74) is 1.02. The first-order chi connectivity index (χ1) is 6.93. The first-order valence-corrected chi connectivity index (χ1v) is 4.73. The van der Waals surface area contributed by atoms with E-state index in [-0.39, 0.29) is 0 Å². The van der Waals surface area contributed by atoms with Crippen LogP contribution in [0.1, 0.15) is 11.7 Å². The molecule has 1 aliphatic heterocycles. The van der Waals surface area contributed by atoms with E-state index in [1.54, 1.807) is 0 Å². The Kier molecular flexibility index (Phi) is 1.70. The van der Waals surface area contributed by atoms with Gasteiger partial charge in [-0.25, -0.2) is 9.97 Å². The standard InChI is InChI=1S/C11H10N2O/c1-2-4-10-8(3-1)5-12-11(13-10)9-6-14-7-9/h1-5,9H,6-7H2. The zero-order chi connectivity index (χ0) is 9.38. The monoisotopic (exact) mass is 186 g/mol. The highest BCUT2D eigenvalue weighted by Crippen LogP contribution is 2.21. The highest BCUT2D eigenvalue weighted by Gasteiger charge is 2.23. The Balaban J connectivity index is 2.10. The van der Waals surface area contributed by atoms with Crippen molar-refractivity contribution >= 4 is 10.9 Å². The molecule has 1 aromatic carbocycles. The van der Waals surface area contributed by atoms with Crippen molar-refractivity contribution in [3.63, 3.8) is 0 Å². The van der Waals surface area contributed by atoms with E-state index in [4.69, 9.17) is 4.74 Å². The van der Waals surface area contributed by atoms with Crippen LogP contribution >= 0.6 is 0 Å². The molecule has 0 amide bonds. The summed E-state index contributed by atoms with van der Waals surface area (Å²) in [4.78, 5) is 8.84. The molecule has 0 spiro atoms. The van der Waals surface area contributed by atoms with Crippen LogP contribution in [0.15, 0.2) is 30.5 Å². The van der Waals surface area contributed by atoms with Crippen LogP contribution in [0.4, 0.5) is 0 Å². The molecule has 2 heterocycles. The first-order valence-electron chi connectivity index (χ1n) is 4.73. The Morgan fingerprint density at radius 3 is 2.86 bits per heavy atom. The molecule has 0 aliphatic carbocycles. The summed E-state index contributed by atoms with van der Waals surface area (Å²) in [6, 6.07) is 8.03. The second-order valence-corrected chi connectivity index (χ2v) is 3.52. The molecule has 0 saturated carbocycles. The van der Waals surface area contributed by atoms with Crippen molar-refractivity contribution in [1.82, 2.24) is 9.97 Å². The molecule has 0 bridgehead atoms. The molecular weight excluding hydrogens is 176 g/mol. The lowest BCUT2D eigenvalue weighted by atomic mass is 10.1. The van der Waals surface area contributed by atoms with Crippen LogP contribution in [-0.2, 0) is 4.74 Å². The third-order valence-electron chi connectivity index (χ3n) is 2.51. The van der Waals surface area contributed by atoms with E-state index < -0.39 is 0 Å². The fraction of sp³-hybridized carbons (Fsp3) is 0.273. The van der Waals surface area contributed by atoms with Gasteiger partial charge in [0.2, 0.25) is 0 Å². The zero-order valence-corrected chi connectivity index (χ0v) is 7.68. The highest BCUT2D eigenvalue weighted by atomic mass is 16.5. The van der Waals surface area contributed by atoms with E-state index in [0.717, 1.165) is 29.9 Å². The average molecular weight is 186 g/mol. The van der Waals surface area contributed by atoms with Crippen LogP contribution in [0.5, 0.6) is 0 Å². The van der Waals surface area contributed by atoms with E-state index in [1.165, 1.54) is 0 Å². The van der Waals surface area contributed by atoms with E-state index in [1.807, 2.05) is 30.5 Å². The summed E-state index contributed by atoms with van der Waals surface area (Å²) in [6.45, 7) is 1.52. The number of para-hydroxylation sites is 1. The molecule has 1 aromatic heterocycles. The van der Waals surface area contributed by atoms with Gasteiger partial charge >= 0.3 is 0 Å². The van der Waals surface area contributed by atoms with Gasteiger partial charge in [0.15, 0.2) is 0 Å². The molecule has 0 unspecified atom stereocenters. The highest BCUT2D eigenvalue weighted by molar-refractivity contribution is 5.77. The van der Waals surface area contributed by atoms with E-state index in [9.17, 15) is 0 Å². The zero-order valence-electron chi connectivity index (χ0n) is 7.68. The third-order valence-corrected chi connectivity index (χ3v) is 2.51. The lowest BCUT2D eigenvalue weighted by Gasteiger charge is -2.24. The predicted molar refractivity (Wildman–Crippen MR) is 53.1 cm³/mol. The minimum absolute atomic E-state index is 0.402. The first kappa shape index (κ1) is 7.88. The van der Waals surface area contributed by atoms with Gasteiger partial charge in [0.1, 0.15) is 5.82 Å². The van der Waals surface area contributed by atoms with Gasteiger partial charge in [0.25, 0.3) is 0 Å². The minimum atomic E-state index is 0.402. The maximum Gasteiger partial charge on any atom is 0.136 e. The van der Waals surface area contributed by atoms with E-state index in [0.29, 0.717) is 5.92 Å². The Morgan fingerprint density at radius 2 is 2.07 bits per heavy atom.